The van der Waals surface area contributed by atoms with Crippen LogP contribution in [-0.4, -0.2) is 29.7 Å². The maximum Gasteiger partial charge on any atom is 0.326 e. The van der Waals surface area contributed by atoms with Crippen molar-refractivity contribution in [1.29, 1.82) is 0 Å². The van der Waals surface area contributed by atoms with E-state index in [1.807, 2.05) is 13.8 Å². The second-order valence-corrected chi connectivity index (χ2v) is 5.51. The van der Waals surface area contributed by atoms with Gasteiger partial charge in [0, 0.05) is 6.54 Å². The third kappa shape index (κ3) is 6.47. The Balaban J connectivity index is 2.15. The van der Waals surface area contributed by atoms with Crippen LogP contribution in [-0.2, 0) is 4.79 Å². The van der Waals surface area contributed by atoms with Crippen molar-refractivity contribution < 1.29 is 14.7 Å². The van der Waals surface area contributed by atoms with Crippen LogP contribution in [0.2, 0.25) is 0 Å². The highest BCUT2D eigenvalue weighted by Gasteiger charge is 2.22. The zero-order valence-electron chi connectivity index (χ0n) is 11.2. The normalized spacial score (nSPS) is 16.4. The lowest BCUT2D eigenvalue weighted by Gasteiger charge is -2.16. The van der Waals surface area contributed by atoms with Crippen LogP contribution in [0.25, 0.3) is 0 Å². The first-order valence-electron chi connectivity index (χ1n) is 6.76. The quantitative estimate of drug-likeness (QED) is 0.581. The molecule has 0 aromatic heterocycles. The Kier molecular flexibility index (Phi) is 5.95. The van der Waals surface area contributed by atoms with E-state index in [1.165, 1.54) is 12.8 Å². The lowest BCUT2D eigenvalue weighted by atomic mass is 10.0. The lowest BCUT2D eigenvalue weighted by molar-refractivity contribution is -0.139. The topological polar surface area (TPSA) is 78.4 Å². The molecule has 0 radical (unpaired) electrons. The summed E-state index contributed by atoms with van der Waals surface area (Å²) in [5.74, 6) is 0.126. The Morgan fingerprint density at radius 2 is 2.00 bits per heavy atom. The number of carbonyl (C=O) groups is 2. The highest BCUT2D eigenvalue weighted by molar-refractivity contribution is 5.82. The fourth-order valence-electron chi connectivity index (χ4n) is 1.90. The first-order valence-corrected chi connectivity index (χ1v) is 6.76. The van der Waals surface area contributed by atoms with Gasteiger partial charge in [0.15, 0.2) is 0 Å². The van der Waals surface area contributed by atoms with Crippen LogP contribution in [0.5, 0.6) is 0 Å². The molecule has 1 saturated carbocycles. The number of carbonyl (C=O) groups excluding carboxylic acids is 1. The number of carboxylic acid groups (broad SMARTS) is 1. The number of carboxylic acids is 1. The predicted octanol–water partition coefficient (Wildman–Crippen LogP) is 1.98. The monoisotopic (exact) mass is 256 g/mol. The van der Waals surface area contributed by atoms with Crippen LogP contribution in [0, 0.1) is 11.8 Å². The van der Waals surface area contributed by atoms with E-state index in [4.69, 9.17) is 5.11 Å². The van der Waals surface area contributed by atoms with Crippen LogP contribution in [0.4, 0.5) is 4.79 Å². The van der Waals surface area contributed by atoms with Crippen molar-refractivity contribution >= 4 is 12.0 Å². The van der Waals surface area contributed by atoms with E-state index in [0.29, 0.717) is 13.0 Å². The van der Waals surface area contributed by atoms with Gasteiger partial charge in [-0.25, -0.2) is 9.59 Å². The second kappa shape index (κ2) is 7.24. The summed E-state index contributed by atoms with van der Waals surface area (Å²) in [6.07, 6.45) is 5.23. The number of amides is 2. The van der Waals surface area contributed by atoms with Gasteiger partial charge in [0.2, 0.25) is 0 Å². The Bertz CT molecular complexity index is 288. The summed E-state index contributed by atoms with van der Waals surface area (Å²) in [4.78, 5) is 22.5. The van der Waals surface area contributed by atoms with Crippen molar-refractivity contribution in [3.05, 3.63) is 0 Å². The Hall–Kier alpha value is -1.26. The number of rotatable bonds is 8. The highest BCUT2D eigenvalue weighted by atomic mass is 16.4. The molecular formula is C13H24N2O3. The van der Waals surface area contributed by atoms with Crippen molar-refractivity contribution in [3.8, 4) is 0 Å². The van der Waals surface area contributed by atoms with E-state index < -0.39 is 12.0 Å². The van der Waals surface area contributed by atoms with Gasteiger partial charge >= 0.3 is 12.0 Å². The second-order valence-electron chi connectivity index (χ2n) is 5.51. The van der Waals surface area contributed by atoms with Crippen LogP contribution in [0.15, 0.2) is 0 Å². The molecule has 0 unspecified atom stereocenters. The van der Waals surface area contributed by atoms with Crippen molar-refractivity contribution in [2.75, 3.05) is 6.54 Å². The molecule has 2 amide bonds. The largest absolute Gasteiger partial charge is 0.480 e. The number of nitrogens with one attached hydrogen (secondary N) is 2. The van der Waals surface area contributed by atoms with Gasteiger partial charge < -0.3 is 15.7 Å². The molecule has 0 aromatic carbocycles. The number of urea groups is 1. The van der Waals surface area contributed by atoms with E-state index in [0.717, 1.165) is 18.8 Å². The van der Waals surface area contributed by atoms with Crippen molar-refractivity contribution in [2.24, 2.45) is 11.8 Å². The molecule has 104 valence electrons. The number of hydrogen-bond donors (Lipinski definition) is 3. The first kappa shape index (κ1) is 14.8. The molecule has 5 heteroatoms. The lowest BCUT2D eigenvalue weighted by Crippen LogP contribution is -2.46. The molecule has 1 aliphatic rings. The van der Waals surface area contributed by atoms with Crippen LogP contribution >= 0.6 is 0 Å². The zero-order valence-corrected chi connectivity index (χ0v) is 11.2. The van der Waals surface area contributed by atoms with Gasteiger partial charge in [-0.3, -0.25) is 0 Å². The predicted molar refractivity (Wildman–Crippen MR) is 69.4 cm³/mol. The molecule has 1 atom stereocenters. The fourth-order valence-corrected chi connectivity index (χ4v) is 1.90. The summed E-state index contributed by atoms with van der Waals surface area (Å²) in [6.45, 7) is 4.49. The fraction of sp³-hybridized carbons (Fsp3) is 0.846. The van der Waals surface area contributed by atoms with E-state index in [2.05, 4.69) is 10.6 Å². The van der Waals surface area contributed by atoms with Crippen molar-refractivity contribution in [1.82, 2.24) is 10.6 Å². The molecule has 0 bridgehead atoms. The van der Waals surface area contributed by atoms with Crippen molar-refractivity contribution in [3.63, 3.8) is 0 Å². The molecule has 18 heavy (non-hydrogen) atoms. The molecule has 0 aromatic rings. The summed E-state index contributed by atoms with van der Waals surface area (Å²) < 4.78 is 0. The third-order valence-electron chi connectivity index (χ3n) is 3.08. The maximum absolute atomic E-state index is 11.5. The molecule has 0 saturated heterocycles. The van der Waals surface area contributed by atoms with Crippen LogP contribution < -0.4 is 10.6 Å². The summed E-state index contributed by atoms with van der Waals surface area (Å²) in [6, 6.07) is -1.17. The smallest absolute Gasteiger partial charge is 0.326 e. The van der Waals surface area contributed by atoms with Gasteiger partial charge in [0.05, 0.1) is 0 Å². The first-order chi connectivity index (χ1) is 8.49. The summed E-state index contributed by atoms with van der Waals surface area (Å²) in [7, 11) is 0. The van der Waals surface area contributed by atoms with E-state index in [1.54, 1.807) is 0 Å². The molecular weight excluding hydrogens is 232 g/mol. The molecule has 0 heterocycles. The molecule has 5 nitrogen and oxygen atoms in total. The molecule has 1 aliphatic carbocycles. The summed E-state index contributed by atoms with van der Waals surface area (Å²) >= 11 is 0. The summed E-state index contributed by atoms with van der Waals surface area (Å²) in [5.41, 5.74) is 0. The maximum atomic E-state index is 11.5. The van der Waals surface area contributed by atoms with Gasteiger partial charge in [0.25, 0.3) is 0 Å². The highest BCUT2D eigenvalue weighted by Crippen LogP contribution is 2.33. The molecule has 3 N–H and O–H groups in total. The van der Waals surface area contributed by atoms with Gasteiger partial charge in [-0.05, 0) is 31.1 Å². The van der Waals surface area contributed by atoms with E-state index >= 15 is 0 Å². The molecule has 1 rings (SSSR count). The van der Waals surface area contributed by atoms with E-state index in [9.17, 15) is 9.59 Å². The van der Waals surface area contributed by atoms with Crippen LogP contribution in [0.1, 0.15) is 46.0 Å². The van der Waals surface area contributed by atoms with Gasteiger partial charge in [-0.2, -0.15) is 0 Å². The standard InChI is InChI=1S/C13H24N2O3/c1-9(2)8-11(12(16)17)15-13(18)14-7-3-4-10-5-6-10/h9-11H,3-8H2,1-2H3,(H,16,17)(H2,14,15,18)/t11-/m0/s1. The molecule has 0 aliphatic heterocycles. The minimum Gasteiger partial charge on any atom is -0.480 e. The van der Waals surface area contributed by atoms with Gasteiger partial charge in [-0.1, -0.05) is 26.7 Å². The molecule has 0 spiro atoms. The molecule has 1 fully saturated rings. The van der Waals surface area contributed by atoms with E-state index in [-0.39, 0.29) is 11.9 Å². The Morgan fingerprint density at radius 1 is 1.33 bits per heavy atom. The number of hydrogen-bond acceptors (Lipinski definition) is 2. The van der Waals surface area contributed by atoms with Gasteiger partial charge in [-0.15, -0.1) is 0 Å². The minimum absolute atomic E-state index is 0.237. The Morgan fingerprint density at radius 3 is 2.50 bits per heavy atom. The SMILES string of the molecule is CC(C)C[C@H](NC(=O)NCCCC1CC1)C(=O)O. The third-order valence-corrected chi connectivity index (χ3v) is 3.08. The summed E-state index contributed by atoms with van der Waals surface area (Å²) in [5, 5.41) is 14.2. The minimum atomic E-state index is -0.975. The Labute approximate surface area is 108 Å². The zero-order chi connectivity index (χ0) is 13.5. The average Bonchev–Trinajstić information content (AvgIpc) is 3.06. The van der Waals surface area contributed by atoms with Gasteiger partial charge in [0.1, 0.15) is 6.04 Å². The number of aliphatic carboxylic acids is 1. The average molecular weight is 256 g/mol. The van der Waals surface area contributed by atoms with Crippen molar-refractivity contribution in [2.45, 2.75) is 52.0 Å². The van der Waals surface area contributed by atoms with Crippen LogP contribution in [0.3, 0.4) is 0 Å².